The van der Waals surface area contributed by atoms with Gasteiger partial charge in [0.15, 0.2) is 0 Å². The quantitative estimate of drug-likeness (QED) is 0.548. The Balaban J connectivity index is -0.000000149. The van der Waals surface area contributed by atoms with Gasteiger partial charge in [0.1, 0.15) is 0 Å². The number of hydrogen-bond acceptors (Lipinski definition) is 0. The maximum absolute atomic E-state index is 2.25. The molecule has 0 saturated heterocycles. The molecule has 0 aromatic heterocycles. The third kappa shape index (κ3) is 24.6. The molecule has 0 saturated carbocycles. The summed E-state index contributed by atoms with van der Waals surface area (Å²) in [6.45, 7) is 8.49. The lowest BCUT2D eigenvalue weighted by Crippen LogP contribution is -1.70. The smallest absolute Gasteiger partial charge is 0.0533 e. The molecule has 0 aliphatic heterocycles. The van der Waals surface area contributed by atoms with Crippen molar-refractivity contribution in [2.45, 2.75) is 59.8 Å². The Morgan fingerprint density at radius 1 is 0.700 bits per heavy atom. The van der Waals surface area contributed by atoms with Gasteiger partial charge in [-0.05, 0) is 0 Å². The van der Waals surface area contributed by atoms with E-state index in [2.05, 4.69) is 13.8 Å². The fraction of sp³-hybridized carbons (Fsp3) is 1.00. The zero-order valence-electron chi connectivity index (χ0n) is 8.04. The Morgan fingerprint density at radius 2 is 1.00 bits per heavy atom. The summed E-state index contributed by atoms with van der Waals surface area (Å²) in [5.41, 5.74) is 0. The minimum atomic E-state index is 0. The van der Waals surface area contributed by atoms with Crippen molar-refractivity contribution in [3.63, 3.8) is 0 Å². The van der Waals surface area contributed by atoms with Crippen molar-refractivity contribution in [3.8, 4) is 0 Å². The topological polar surface area (TPSA) is 31.5 Å². The lowest BCUT2D eigenvalue weighted by atomic mass is 10.2. The van der Waals surface area contributed by atoms with Crippen LogP contribution in [0.2, 0.25) is 0 Å². The third-order valence-corrected chi connectivity index (χ3v) is 1.21. The Bertz CT molecular complexity index is 23.9. The predicted octanol–water partition coefficient (Wildman–Crippen LogP) is 3.18. The first kappa shape index (κ1) is 16.5. The van der Waals surface area contributed by atoms with E-state index in [1.807, 2.05) is 13.8 Å². The molecule has 0 aromatic carbocycles. The van der Waals surface area contributed by atoms with E-state index in [0.717, 1.165) is 0 Å². The van der Waals surface area contributed by atoms with Crippen LogP contribution in [0.25, 0.3) is 0 Å². The van der Waals surface area contributed by atoms with Gasteiger partial charge in [0.05, 0.1) is 0 Å². The minimum absolute atomic E-state index is 0. The van der Waals surface area contributed by atoms with Crippen LogP contribution in [0.1, 0.15) is 59.8 Å². The summed E-state index contributed by atoms with van der Waals surface area (Å²) >= 11 is 0. The highest BCUT2D eigenvalue weighted by molar-refractivity contribution is 4.35. The van der Waals surface area contributed by atoms with Gasteiger partial charge in [0, 0.05) is 0 Å². The van der Waals surface area contributed by atoms with Crippen LogP contribution in [0.3, 0.4) is 0 Å². The molecule has 66 valence electrons. The number of unbranched alkanes of at least 4 members (excludes halogenated alkanes) is 4. The van der Waals surface area contributed by atoms with Crippen molar-refractivity contribution in [2.24, 2.45) is 0 Å². The average Bonchev–Trinajstić information content (AvgIpc) is 1.94. The molecular weight excluding hydrogens is 124 g/mol. The van der Waals surface area contributed by atoms with Crippen LogP contribution in [0.4, 0.5) is 0 Å². The molecule has 1 heteroatoms. The summed E-state index contributed by atoms with van der Waals surface area (Å²) in [5.74, 6) is 0. The maximum Gasteiger partial charge on any atom is -0.0533 e. The van der Waals surface area contributed by atoms with E-state index in [0.29, 0.717) is 0 Å². The second-order valence-corrected chi connectivity index (χ2v) is 2.06. The summed E-state index contributed by atoms with van der Waals surface area (Å²) in [6.07, 6.45) is 7.01. The molecular formula is C9H24O. The number of hydrogen-bond donors (Lipinski definition) is 0. The van der Waals surface area contributed by atoms with Crippen LogP contribution in [0.5, 0.6) is 0 Å². The highest BCUT2D eigenvalue weighted by atomic mass is 16.0. The normalized spacial score (nSPS) is 7.20. The van der Waals surface area contributed by atoms with Gasteiger partial charge in [-0.15, -0.1) is 0 Å². The van der Waals surface area contributed by atoms with E-state index >= 15 is 0 Å². The van der Waals surface area contributed by atoms with Crippen LogP contribution < -0.4 is 0 Å². The first-order valence-corrected chi connectivity index (χ1v) is 4.41. The molecule has 1 nitrogen and oxygen atoms in total. The largest absolute Gasteiger partial charge is 0.412 e. The summed E-state index contributed by atoms with van der Waals surface area (Å²) < 4.78 is 0. The van der Waals surface area contributed by atoms with Crippen LogP contribution >= 0.6 is 0 Å². The molecule has 0 amide bonds. The van der Waals surface area contributed by atoms with Crippen molar-refractivity contribution in [2.75, 3.05) is 0 Å². The first-order valence-electron chi connectivity index (χ1n) is 4.41. The van der Waals surface area contributed by atoms with Crippen molar-refractivity contribution in [1.82, 2.24) is 0 Å². The number of rotatable bonds is 4. The summed E-state index contributed by atoms with van der Waals surface area (Å²) in [5, 5.41) is 0. The molecule has 0 radical (unpaired) electrons. The van der Waals surface area contributed by atoms with Crippen molar-refractivity contribution < 1.29 is 5.48 Å². The van der Waals surface area contributed by atoms with Gasteiger partial charge in [-0.25, -0.2) is 0 Å². The van der Waals surface area contributed by atoms with Gasteiger partial charge in [-0.1, -0.05) is 59.8 Å². The van der Waals surface area contributed by atoms with Gasteiger partial charge in [0.25, 0.3) is 0 Å². The van der Waals surface area contributed by atoms with Crippen LogP contribution in [0, 0.1) is 0 Å². The molecule has 0 spiro atoms. The molecule has 0 aromatic rings. The van der Waals surface area contributed by atoms with Crippen LogP contribution in [0.15, 0.2) is 0 Å². The third-order valence-electron chi connectivity index (χ3n) is 1.21. The fourth-order valence-corrected chi connectivity index (χ4v) is 0.677. The highest BCUT2D eigenvalue weighted by Crippen LogP contribution is 2.00. The van der Waals surface area contributed by atoms with E-state index < -0.39 is 0 Å². The summed E-state index contributed by atoms with van der Waals surface area (Å²) in [7, 11) is 0. The highest BCUT2D eigenvalue weighted by Gasteiger charge is 1.80. The van der Waals surface area contributed by atoms with E-state index in [9.17, 15) is 0 Å². The Labute approximate surface area is 66.1 Å². The lowest BCUT2D eigenvalue weighted by Gasteiger charge is -1.90. The minimum Gasteiger partial charge on any atom is -0.412 e. The zero-order valence-corrected chi connectivity index (χ0v) is 8.04. The summed E-state index contributed by atoms with van der Waals surface area (Å²) in [6, 6.07) is 0. The molecule has 10 heavy (non-hydrogen) atoms. The zero-order chi connectivity index (χ0) is 7.54. The van der Waals surface area contributed by atoms with Crippen LogP contribution in [-0.4, -0.2) is 5.48 Å². The van der Waals surface area contributed by atoms with E-state index in [-0.39, 0.29) is 5.48 Å². The van der Waals surface area contributed by atoms with Gasteiger partial charge >= 0.3 is 0 Å². The van der Waals surface area contributed by atoms with Crippen LogP contribution in [-0.2, 0) is 0 Å². The predicted molar refractivity (Wildman–Crippen MR) is 49.4 cm³/mol. The first-order chi connectivity index (χ1) is 4.41. The lowest BCUT2D eigenvalue weighted by molar-refractivity contribution is 0.656. The maximum atomic E-state index is 2.25. The van der Waals surface area contributed by atoms with E-state index in [4.69, 9.17) is 0 Å². The molecule has 0 heterocycles. The fourth-order valence-electron chi connectivity index (χ4n) is 0.677. The molecule has 0 aliphatic carbocycles. The van der Waals surface area contributed by atoms with Crippen molar-refractivity contribution in [1.29, 1.82) is 0 Å². The molecule has 0 atom stereocenters. The molecule has 0 fully saturated rings. The van der Waals surface area contributed by atoms with E-state index in [1.165, 1.54) is 32.1 Å². The Morgan fingerprint density at radius 3 is 1.20 bits per heavy atom. The van der Waals surface area contributed by atoms with Gasteiger partial charge in [0.2, 0.25) is 0 Å². The second-order valence-electron chi connectivity index (χ2n) is 2.06. The second kappa shape index (κ2) is 23.1. The monoisotopic (exact) mass is 148 g/mol. The average molecular weight is 148 g/mol. The SMILES string of the molecule is CC.CCCCCCC.O. The van der Waals surface area contributed by atoms with Gasteiger partial charge in [-0.3, -0.25) is 0 Å². The molecule has 2 N–H and O–H groups in total. The molecule has 0 bridgehead atoms. The molecule has 0 rings (SSSR count). The summed E-state index contributed by atoms with van der Waals surface area (Å²) in [4.78, 5) is 0. The van der Waals surface area contributed by atoms with E-state index in [1.54, 1.807) is 0 Å². The standard InChI is InChI=1S/C7H16.C2H6.H2O/c1-3-5-7-6-4-2;1-2;/h3-7H2,1-2H3;1-2H3;1H2. The Kier molecular flexibility index (Phi) is 38.1. The van der Waals surface area contributed by atoms with Crippen molar-refractivity contribution in [3.05, 3.63) is 0 Å². The van der Waals surface area contributed by atoms with Gasteiger partial charge < -0.3 is 5.48 Å². The Hall–Kier alpha value is -0.0400. The van der Waals surface area contributed by atoms with Crippen molar-refractivity contribution >= 4 is 0 Å². The van der Waals surface area contributed by atoms with Gasteiger partial charge in [-0.2, -0.15) is 0 Å². The molecule has 0 aliphatic rings. The molecule has 0 unspecified atom stereocenters.